The van der Waals surface area contributed by atoms with Gasteiger partial charge in [0.2, 0.25) is 10.0 Å². The number of hydrogen-bond donors (Lipinski definition) is 1. The Kier molecular flexibility index (Phi) is 3.53. The van der Waals surface area contributed by atoms with Crippen LogP contribution in [0.3, 0.4) is 0 Å². The smallest absolute Gasteiger partial charge is 0.209 e. The van der Waals surface area contributed by atoms with Crippen LogP contribution in [0.4, 0.5) is 0 Å². The van der Waals surface area contributed by atoms with Crippen molar-refractivity contribution < 1.29 is 8.42 Å². The third-order valence-corrected chi connectivity index (χ3v) is 2.73. The predicted molar refractivity (Wildman–Crippen MR) is 48.9 cm³/mol. The fourth-order valence-corrected chi connectivity index (χ4v) is 1.96. The van der Waals surface area contributed by atoms with Crippen molar-refractivity contribution in [1.82, 2.24) is 4.72 Å². The molecule has 3 nitrogen and oxygen atoms in total. The lowest BCUT2D eigenvalue weighted by molar-refractivity contribution is 0.390. The first-order valence-electron chi connectivity index (χ1n) is 4.38. The average molecular weight is 190 g/mol. The number of sulfonamides is 1. The quantitative estimate of drug-likeness (QED) is 0.728. The van der Waals surface area contributed by atoms with Gasteiger partial charge in [0.15, 0.2) is 0 Å². The molecule has 0 aromatic heterocycles. The van der Waals surface area contributed by atoms with E-state index in [1.165, 1.54) is 25.5 Å². The van der Waals surface area contributed by atoms with Gasteiger partial charge in [-0.3, -0.25) is 0 Å². The molecule has 1 aliphatic rings. The summed E-state index contributed by atoms with van der Waals surface area (Å²) in [6.07, 6.45) is 7.19. The number of hydrogen-bond acceptors (Lipinski definition) is 2. The lowest BCUT2D eigenvalue weighted by Gasteiger charge is -2.20. The van der Waals surface area contributed by atoms with Gasteiger partial charge in [-0.05, 0) is 18.8 Å². The Labute approximate surface area is 74.6 Å². The second-order valence-electron chi connectivity index (χ2n) is 3.45. The summed E-state index contributed by atoms with van der Waals surface area (Å²) < 4.78 is 23.9. The van der Waals surface area contributed by atoms with E-state index in [1.807, 2.05) is 0 Å². The second kappa shape index (κ2) is 4.23. The fraction of sp³-hybridized carbons (Fsp3) is 0.875. The summed E-state index contributed by atoms with van der Waals surface area (Å²) in [6, 6.07) is 0. The summed E-state index contributed by atoms with van der Waals surface area (Å²) in [6.45, 7) is 1.73. The summed E-state index contributed by atoms with van der Waals surface area (Å²) in [5.74, 6) is 0.452. The number of nitrogens with one attached hydrogen (secondary N) is 1. The van der Waals surface area contributed by atoms with Gasteiger partial charge < -0.3 is 0 Å². The van der Waals surface area contributed by atoms with Crippen molar-refractivity contribution in [3.63, 3.8) is 0 Å². The third-order valence-electron chi connectivity index (χ3n) is 2.17. The fourth-order valence-electron chi connectivity index (χ4n) is 1.52. The van der Waals surface area contributed by atoms with Gasteiger partial charge in [-0.15, -0.1) is 0 Å². The first-order chi connectivity index (χ1) is 5.58. The molecule has 0 saturated heterocycles. The highest BCUT2D eigenvalue weighted by molar-refractivity contribution is 7.88. The van der Waals surface area contributed by atoms with Crippen molar-refractivity contribution in [2.24, 2.45) is 5.92 Å². The summed E-state index contributed by atoms with van der Waals surface area (Å²) in [5.41, 5.74) is 0. The molecule has 0 amide bonds. The van der Waals surface area contributed by atoms with Gasteiger partial charge in [0, 0.05) is 6.54 Å². The van der Waals surface area contributed by atoms with Crippen molar-refractivity contribution >= 4 is 10.0 Å². The van der Waals surface area contributed by atoms with E-state index in [1.54, 1.807) is 6.54 Å². The van der Waals surface area contributed by atoms with E-state index in [-0.39, 0.29) is 0 Å². The maximum absolute atomic E-state index is 10.7. The zero-order chi connectivity index (χ0) is 9.03. The highest BCUT2D eigenvalue weighted by Gasteiger charge is 2.14. The third kappa shape index (κ3) is 4.07. The van der Waals surface area contributed by atoms with Crippen LogP contribution in [-0.4, -0.2) is 14.7 Å². The van der Waals surface area contributed by atoms with Crippen molar-refractivity contribution in [2.45, 2.75) is 32.1 Å². The normalized spacial score (nSPS) is 21.1. The molecule has 4 heteroatoms. The summed E-state index contributed by atoms with van der Waals surface area (Å²) in [4.78, 5) is 0. The molecule has 1 fully saturated rings. The van der Waals surface area contributed by atoms with Crippen molar-refractivity contribution in [2.75, 3.05) is 6.26 Å². The molecular formula is C8H16NO2S. The van der Waals surface area contributed by atoms with Crippen molar-refractivity contribution in [3.05, 3.63) is 6.54 Å². The molecule has 0 atom stereocenters. The molecule has 1 N–H and O–H groups in total. The van der Waals surface area contributed by atoms with Crippen LogP contribution in [0.2, 0.25) is 0 Å². The zero-order valence-corrected chi connectivity index (χ0v) is 8.23. The molecule has 0 aromatic carbocycles. The van der Waals surface area contributed by atoms with Crippen LogP contribution >= 0.6 is 0 Å². The standard InChI is InChI=1S/C8H16NO2S/c1-12(10,11)9-7-8-5-3-2-4-6-8/h7-9H,2-6H2,1H3. The molecule has 12 heavy (non-hydrogen) atoms. The van der Waals surface area contributed by atoms with Crippen molar-refractivity contribution in [1.29, 1.82) is 0 Å². The molecule has 0 heterocycles. The predicted octanol–water partition coefficient (Wildman–Crippen LogP) is 1.28. The van der Waals surface area contributed by atoms with Gasteiger partial charge in [-0.2, -0.15) is 0 Å². The molecule has 0 unspecified atom stereocenters. The van der Waals surface area contributed by atoms with Gasteiger partial charge in [0.25, 0.3) is 0 Å². The van der Waals surface area contributed by atoms with E-state index < -0.39 is 10.0 Å². The Hall–Kier alpha value is -0.0900. The van der Waals surface area contributed by atoms with Crippen molar-refractivity contribution in [3.8, 4) is 0 Å². The van der Waals surface area contributed by atoms with E-state index >= 15 is 0 Å². The Morgan fingerprint density at radius 2 is 1.83 bits per heavy atom. The SMILES string of the molecule is CS(=O)(=O)N[CH]C1CCCCC1. The highest BCUT2D eigenvalue weighted by atomic mass is 32.2. The summed E-state index contributed by atoms with van der Waals surface area (Å²) in [5, 5.41) is 0. The summed E-state index contributed by atoms with van der Waals surface area (Å²) in [7, 11) is -3.03. The summed E-state index contributed by atoms with van der Waals surface area (Å²) >= 11 is 0. The van der Waals surface area contributed by atoms with Crippen LogP contribution in [0.25, 0.3) is 0 Å². The lowest BCUT2D eigenvalue weighted by atomic mass is 9.90. The Morgan fingerprint density at radius 3 is 2.33 bits per heavy atom. The molecule has 1 aliphatic carbocycles. The van der Waals surface area contributed by atoms with Crippen LogP contribution in [0.15, 0.2) is 0 Å². The molecule has 1 rings (SSSR count). The first kappa shape index (κ1) is 9.99. The van der Waals surface area contributed by atoms with Crippen LogP contribution in [0, 0.1) is 12.5 Å². The second-order valence-corrected chi connectivity index (χ2v) is 5.23. The van der Waals surface area contributed by atoms with Crippen LogP contribution in [0.5, 0.6) is 0 Å². The molecule has 1 saturated carbocycles. The topological polar surface area (TPSA) is 46.2 Å². The van der Waals surface area contributed by atoms with Gasteiger partial charge in [0.1, 0.15) is 0 Å². The van der Waals surface area contributed by atoms with Gasteiger partial charge >= 0.3 is 0 Å². The molecule has 0 spiro atoms. The van der Waals surface area contributed by atoms with Gasteiger partial charge in [-0.25, -0.2) is 13.1 Å². The van der Waals surface area contributed by atoms with Crippen LogP contribution < -0.4 is 4.72 Å². The zero-order valence-electron chi connectivity index (χ0n) is 7.41. The number of rotatable bonds is 3. The maximum atomic E-state index is 10.7. The minimum Gasteiger partial charge on any atom is -0.213 e. The minimum atomic E-state index is -3.03. The molecule has 0 aromatic rings. The monoisotopic (exact) mass is 190 g/mol. The van der Waals surface area contributed by atoms with Gasteiger partial charge in [0.05, 0.1) is 6.26 Å². The first-order valence-corrected chi connectivity index (χ1v) is 6.28. The van der Waals surface area contributed by atoms with E-state index in [0.717, 1.165) is 12.8 Å². The average Bonchev–Trinajstić information content (AvgIpc) is 2.02. The maximum Gasteiger partial charge on any atom is 0.209 e. The molecule has 0 bridgehead atoms. The van der Waals surface area contributed by atoms with E-state index in [4.69, 9.17) is 0 Å². The molecule has 71 valence electrons. The van der Waals surface area contributed by atoms with E-state index in [2.05, 4.69) is 4.72 Å². The highest BCUT2D eigenvalue weighted by Crippen LogP contribution is 2.24. The van der Waals surface area contributed by atoms with Crippen LogP contribution in [-0.2, 0) is 10.0 Å². The molecule has 0 aliphatic heterocycles. The minimum absolute atomic E-state index is 0.452. The Balaban J connectivity index is 2.22. The Bertz CT molecular complexity index is 217. The van der Waals surface area contributed by atoms with Crippen LogP contribution in [0.1, 0.15) is 32.1 Å². The van der Waals surface area contributed by atoms with E-state index in [9.17, 15) is 8.42 Å². The lowest BCUT2D eigenvalue weighted by Crippen LogP contribution is -2.24. The van der Waals surface area contributed by atoms with Gasteiger partial charge in [-0.1, -0.05) is 19.3 Å². The Morgan fingerprint density at radius 1 is 1.25 bits per heavy atom. The largest absolute Gasteiger partial charge is 0.213 e. The molecular weight excluding hydrogens is 174 g/mol. The van der Waals surface area contributed by atoms with E-state index in [0.29, 0.717) is 5.92 Å². The molecule has 1 radical (unpaired) electrons.